The molecule has 178 valence electrons. The Bertz CT molecular complexity index is 1100. The van der Waals surface area contributed by atoms with Crippen LogP contribution in [0.5, 0.6) is 0 Å². The number of carbonyl (C=O) groups is 2. The molecule has 0 fully saturated rings. The normalized spacial score (nSPS) is 12.2. The first-order valence-corrected chi connectivity index (χ1v) is 11.2. The molecule has 3 aromatic rings. The van der Waals surface area contributed by atoms with E-state index in [2.05, 4.69) is 5.32 Å². The Balaban J connectivity index is 1.77. The Morgan fingerprint density at radius 3 is 2.12 bits per heavy atom. The number of hydrogen-bond donors (Lipinski definition) is 2. The lowest BCUT2D eigenvalue weighted by molar-refractivity contribution is -0.141. The lowest BCUT2D eigenvalue weighted by Crippen LogP contribution is -2.45. The van der Waals surface area contributed by atoms with E-state index in [0.717, 1.165) is 11.1 Å². The van der Waals surface area contributed by atoms with E-state index in [-0.39, 0.29) is 29.5 Å². The van der Waals surface area contributed by atoms with Gasteiger partial charge in [0.1, 0.15) is 6.10 Å². The number of carboxylic acids is 1. The molecule has 0 saturated heterocycles. The Kier molecular flexibility index (Phi) is 8.82. The number of aromatic carboxylic acids is 1. The van der Waals surface area contributed by atoms with Crippen molar-refractivity contribution in [3.63, 3.8) is 0 Å². The van der Waals surface area contributed by atoms with Gasteiger partial charge in [-0.1, -0.05) is 86.1 Å². The Labute approximate surface area is 204 Å². The van der Waals surface area contributed by atoms with Gasteiger partial charge in [-0.25, -0.2) is 4.79 Å². The molecule has 7 heteroatoms. The van der Waals surface area contributed by atoms with Crippen molar-refractivity contribution in [2.24, 2.45) is 5.41 Å². The maximum absolute atomic E-state index is 13.4. The van der Waals surface area contributed by atoms with Crippen LogP contribution in [0.15, 0.2) is 78.9 Å². The smallest absolute Gasteiger partial charge is 0.337 e. The van der Waals surface area contributed by atoms with Crippen LogP contribution in [0.2, 0.25) is 5.02 Å². The summed E-state index contributed by atoms with van der Waals surface area (Å²) < 4.78 is 12.0. The third-order valence-corrected chi connectivity index (χ3v) is 5.50. The highest BCUT2D eigenvalue weighted by atomic mass is 35.5. The topological polar surface area (TPSA) is 84.9 Å². The summed E-state index contributed by atoms with van der Waals surface area (Å²) in [5.74, 6) is -1.65. The molecule has 0 saturated carbocycles. The highest BCUT2D eigenvalue weighted by Crippen LogP contribution is 2.28. The van der Waals surface area contributed by atoms with E-state index < -0.39 is 23.4 Å². The van der Waals surface area contributed by atoms with Gasteiger partial charge in [-0.15, -0.1) is 0 Å². The Morgan fingerprint density at radius 2 is 1.53 bits per heavy atom. The molecule has 0 aliphatic heterocycles. The van der Waals surface area contributed by atoms with Gasteiger partial charge in [0.15, 0.2) is 0 Å². The summed E-state index contributed by atoms with van der Waals surface area (Å²) in [6.45, 7) is 4.63. The molecule has 34 heavy (non-hydrogen) atoms. The zero-order valence-electron chi connectivity index (χ0n) is 19.2. The van der Waals surface area contributed by atoms with E-state index >= 15 is 0 Å². The number of benzene rings is 3. The largest absolute Gasteiger partial charge is 0.478 e. The molecule has 2 N–H and O–H groups in total. The first-order valence-electron chi connectivity index (χ1n) is 10.9. The number of anilines is 1. The standard InChI is InChI=1S/C27H28ClNO5/c1-27(2,18-33-16-19-9-5-3-6-10-19)24(34-17-20-11-7-4-8-12-20)25(30)29-23-14-13-21(28)15-22(23)26(31)32/h3-15,24H,16-18H2,1-2H3,(H,29,30)(H,31,32). The van der Waals surface area contributed by atoms with E-state index in [1.807, 2.05) is 74.5 Å². The van der Waals surface area contributed by atoms with Crippen molar-refractivity contribution in [2.75, 3.05) is 11.9 Å². The van der Waals surface area contributed by atoms with Crippen LogP contribution in [0, 0.1) is 5.41 Å². The summed E-state index contributed by atoms with van der Waals surface area (Å²) in [5.41, 5.74) is 1.27. The molecule has 1 unspecified atom stereocenters. The summed E-state index contributed by atoms with van der Waals surface area (Å²) in [4.78, 5) is 25.0. The monoisotopic (exact) mass is 481 g/mol. The molecule has 0 aliphatic rings. The third kappa shape index (κ3) is 7.15. The molecule has 0 radical (unpaired) electrons. The summed E-state index contributed by atoms with van der Waals surface area (Å²) in [6.07, 6.45) is -0.916. The molecule has 0 heterocycles. The van der Waals surface area contributed by atoms with Crippen molar-refractivity contribution in [2.45, 2.75) is 33.2 Å². The quantitative estimate of drug-likeness (QED) is 0.361. The molecule has 0 aliphatic carbocycles. The molecule has 1 atom stereocenters. The summed E-state index contributed by atoms with van der Waals surface area (Å²) in [7, 11) is 0. The second kappa shape index (κ2) is 11.8. The van der Waals surface area contributed by atoms with Crippen molar-refractivity contribution in [1.29, 1.82) is 0 Å². The summed E-state index contributed by atoms with van der Waals surface area (Å²) >= 11 is 5.94. The average Bonchev–Trinajstić information content (AvgIpc) is 2.81. The minimum absolute atomic E-state index is 0.0965. The molecular formula is C27H28ClNO5. The summed E-state index contributed by atoms with van der Waals surface area (Å²) in [5, 5.41) is 12.5. The average molecular weight is 482 g/mol. The number of ether oxygens (including phenoxy) is 2. The fourth-order valence-electron chi connectivity index (χ4n) is 3.49. The van der Waals surface area contributed by atoms with Gasteiger partial charge < -0.3 is 19.9 Å². The minimum Gasteiger partial charge on any atom is -0.478 e. The van der Waals surface area contributed by atoms with Crippen molar-refractivity contribution in [1.82, 2.24) is 0 Å². The fourth-order valence-corrected chi connectivity index (χ4v) is 3.66. The Morgan fingerprint density at radius 1 is 0.941 bits per heavy atom. The number of carbonyl (C=O) groups excluding carboxylic acids is 1. The first-order chi connectivity index (χ1) is 16.3. The highest BCUT2D eigenvalue weighted by molar-refractivity contribution is 6.31. The number of amides is 1. The molecule has 0 spiro atoms. The number of nitrogens with one attached hydrogen (secondary N) is 1. The van der Waals surface area contributed by atoms with Crippen LogP contribution < -0.4 is 5.32 Å². The van der Waals surface area contributed by atoms with Crippen LogP contribution in [0.1, 0.15) is 35.3 Å². The van der Waals surface area contributed by atoms with Gasteiger partial charge in [-0.05, 0) is 29.3 Å². The molecule has 3 aromatic carbocycles. The van der Waals surface area contributed by atoms with Gasteiger partial charge in [0, 0.05) is 10.4 Å². The van der Waals surface area contributed by atoms with Crippen LogP contribution in [0.4, 0.5) is 5.69 Å². The molecule has 3 rings (SSSR count). The Hall–Kier alpha value is -3.19. The van der Waals surface area contributed by atoms with Gasteiger partial charge in [-0.2, -0.15) is 0 Å². The fraction of sp³-hybridized carbons (Fsp3) is 0.259. The maximum Gasteiger partial charge on any atom is 0.337 e. The number of carboxylic acid groups (broad SMARTS) is 1. The minimum atomic E-state index is -1.19. The third-order valence-electron chi connectivity index (χ3n) is 5.26. The number of halogens is 1. The van der Waals surface area contributed by atoms with E-state index in [0.29, 0.717) is 6.61 Å². The SMILES string of the molecule is CC(C)(COCc1ccccc1)C(OCc1ccccc1)C(=O)Nc1ccc(Cl)cc1C(=O)O. The van der Waals surface area contributed by atoms with Crippen molar-refractivity contribution in [3.05, 3.63) is 101 Å². The van der Waals surface area contributed by atoms with Gasteiger partial charge in [-0.3, -0.25) is 4.79 Å². The van der Waals surface area contributed by atoms with Gasteiger partial charge in [0.05, 0.1) is 31.1 Å². The van der Waals surface area contributed by atoms with Crippen molar-refractivity contribution < 1.29 is 24.2 Å². The van der Waals surface area contributed by atoms with Crippen LogP contribution >= 0.6 is 11.6 Å². The van der Waals surface area contributed by atoms with Crippen LogP contribution in [0.25, 0.3) is 0 Å². The van der Waals surface area contributed by atoms with E-state index in [1.54, 1.807) is 0 Å². The maximum atomic E-state index is 13.4. The lowest BCUT2D eigenvalue weighted by atomic mass is 9.86. The second-order valence-electron chi connectivity index (χ2n) is 8.63. The van der Waals surface area contributed by atoms with Gasteiger partial charge in [0.25, 0.3) is 5.91 Å². The van der Waals surface area contributed by atoms with Gasteiger partial charge in [0.2, 0.25) is 0 Å². The number of hydrogen-bond acceptors (Lipinski definition) is 4. The second-order valence-corrected chi connectivity index (χ2v) is 9.06. The number of rotatable bonds is 11. The van der Waals surface area contributed by atoms with E-state index in [1.165, 1.54) is 18.2 Å². The summed E-state index contributed by atoms with van der Waals surface area (Å²) in [6, 6.07) is 23.6. The molecule has 0 aromatic heterocycles. The molecule has 0 bridgehead atoms. The zero-order valence-corrected chi connectivity index (χ0v) is 19.9. The van der Waals surface area contributed by atoms with Crippen LogP contribution in [0.3, 0.4) is 0 Å². The molecule has 6 nitrogen and oxygen atoms in total. The zero-order chi connectivity index (χ0) is 24.6. The van der Waals surface area contributed by atoms with Crippen molar-refractivity contribution >= 4 is 29.2 Å². The van der Waals surface area contributed by atoms with Crippen LogP contribution in [-0.4, -0.2) is 29.7 Å². The predicted octanol–water partition coefficient (Wildman–Crippen LogP) is 5.81. The lowest BCUT2D eigenvalue weighted by Gasteiger charge is -2.33. The molecule has 1 amide bonds. The molecular weight excluding hydrogens is 454 g/mol. The predicted molar refractivity (Wildman–Crippen MR) is 132 cm³/mol. The van der Waals surface area contributed by atoms with Crippen LogP contribution in [-0.2, 0) is 27.5 Å². The van der Waals surface area contributed by atoms with Crippen molar-refractivity contribution in [3.8, 4) is 0 Å². The van der Waals surface area contributed by atoms with E-state index in [9.17, 15) is 14.7 Å². The van der Waals surface area contributed by atoms with Gasteiger partial charge >= 0.3 is 5.97 Å². The highest BCUT2D eigenvalue weighted by Gasteiger charge is 2.37. The first kappa shape index (κ1) is 25.4. The van der Waals surface area contributed by atoms with E-state index in [4.69, 9.17) is 21.1 Å².